The van der Waals surface area contributed by atoms with Crippen molar-refractivity contribution in [2.45, 2.75) is 26.3 Å². The summed E-state index contributed by atoms with van der Waals surface area (Å²) < 4.78 is 1.81. The molecule has 1 aromatic carbocycles. The van der Waals surface area contributed by atoms with Crippen molar-refractivity contribution in [3.63, 3.8) is 0 Å². The molecule has 6 nitrogen and oxygen atoms in total. The van der Waals surface area contributed by atoms with E-state index in [9.17, 15) is 9.59 Å². The first-order chi connectivity index (χ1) is 12.5. The molecule has 2 amide bonds. The molecule has 0 unspecified atom stereocenters. The van der Waals surface area contributed by atoms with Crippen LogP contribution in [0.15, 0.2) is 30.3 Å². The highest BCUT2D eigenvalue weighted by Crippen LogP contribution is 2.28. The highest BCUT2D eigenvalue weighted by atomic mass is 32.1. The van der Waals surface area contributed by atoms with Crippen LogP contribution in [0.25, 0.3) is 10.2 Å². The zero-order chi connectivity index (χ0) is 18.3. The van der Waals surface area contributed by atoms with Gasteiger partial charge in [-0.2, -0.15) is 5.10 Å². The average molecular weight is 368 g/mol. The maximum absolute atomic E-state index is 12.6. The van der Waals surface area contributed by atoms with Gasteiger partial charge in [-0.3, -0.25) is 14.3 Å². The number of nitrogens with zero attached hydrogens (tertiary/aromatic N) is 3. The molecule has 1 aliphatic heterocycles. The van der Waals surface area contributed by atoms with Crippen molar-refractivity contribution in [2.75, 3.05) is 11.9 Å². The summed E-state index contributed by atoms with van der Waals surface area (Å²) in [4.78, 5) is 27.9. The monoisotopic (exact) mass is 368 g/mol. The number of rotatable bonds is 4. The largest absolute Gasteiger partial charge is 0.338 e. The molecule has 1 fully saturated rings. The molecule has 1 saturated heterocycles. The van der Waals surface area contributed by atoms with Gasteiger partial charge in [0.1, 0.15) is 4.83 Å². The molecule has 4 rings (SSSR count). The van der Waals surface area contributed by atoms with Gasteiger partial charge in [0, 0.05) is 37.6 Å². The second kappa shape index (κ2) is 6.57. The summed E-state index contributed by atoms with van der Waals surface area (Å²) in [6.07, 6.45) is 1.56. The lowest BCUT2D eigenvalue weighted by molar-refractivity contribution is -0.128. The average Bonchev–Trinajstić information content (AvgIpc) is 3.28. The van der Waals surface area contributed by atoms with Crippen molar-refractivity contribution in [3.8, 4) is 0 Å². The van der Waals surface area contributed by atoms with E-state index < -0.39 is 0 Å². The summed E-state index contributed by atoms with van der Waals surface area (Å²) in [6.45, 7) is 3.35. The molecule has 0 spiro atoms. The molecule has 7 heteroatoms. The quantitative estimate of drug-likeness (QED) is 0.768. The molecule has 1 N–H and O–H groups in total. The number of hydrogen-bond donors (Lipinski definition) is 1. The van der Waals surface area contributed by atoms with Crippen molar-refractivity contribution < 1.29 is 9.59 Å². The molecule has 1 aliphatic rings. The van der Waals surface area contributed by atoms with Crippen LogP contribution in [-0.2, 0) is 18.4 Å². The Balaban J connectivity index is 1.50. The van der Waals surface area contributed by atoms with Gasteiger partial charge in [-0.1, -0.05) is 12.1 Å². The first kappa shape index (κ1) is 16.8. The number of carbonyl (C=O) groups is 2. The maximum Gasteiger partial charge on any atom is 0.265 e. The minimum absolute atomic E-state index is 0.125. The number of hydrogen-bond acceptors (Lipinski definition) is 4. The van der Waals surface area contributed by atoms with Crippen molar-refractivity contribution in [1.82, 2.24) is 14.7 Å². The Hall–Kier alpha value is -2.67. The highest BCUT2D eigenvalue weighted by molar-refractivity contribution is 7.20. The molecule has 134 valence electrons. The third-order valence-corrected chi connectivity index (χ3v) is 5.85. The summed E-state index contributed by atoms with van der Waals surface area (Å²) >= 11 is 1.44. The smallest absolute Gasteiger partial charge is 0.265 e. The Kier molecular flexibility index (Phi) is 4.24. The number of fused-ring (bicyclic) bond motifs is 1. The molecule has 26 heavy (non-hydrogen) atoms. The normalized spacial score (nSPS) is 14.4. The first-order valence-corrected chi connectivity index (χ1v) is 9.44. The van der Waals surface area contributed by atoms with Gasteiger partial charge in [-0.05, 0) is 37.1 Å². The van der Waals surface area contributed by atoms with Crippen LogP contribution in [0.3, 0.4) is 0 Å². The lowest BCUT2D eigenvalue weighted by Gasteiger charge is -2.16. The second-order valence-electron chi connectivity index (χ2n) is 6.61. The zero-order valence-electron chi connectivity index (χ0n) is 14.8. The molecular formula is C19H20N4O2S. The van der Waals surface area contributed by atoms with Crippen LogP contribution in [0.2, 0.25) is 0 Å². The zero-order valence-corrected chi connectivity index (χ0v) is 15.6. The van der Waals surface area contributed by atoms with Crippen molar-refractivity contribution >= 4 is 39.1 Å². The number of benzene rings is 1. The van der Waals surface area contributed by atoms with Crippen molar-refractivity contribution in [1.29, 1.82) is 0 Å². The first-order valence-electron chi connectivity index (χ1n) is 8.62. The predicted octanol–water partition coefficient (Wildman–Crippen LogP) is 3.32. The van der Waals surface area contributed by atoms with Crippen LogP contribution in [0.1, 0.15) is 33.8 Å². The maximum atomic E-state index is 12.6. The van der Waals surface area contributed by atoms with Gasteiger partial charge in [0.2, 0.25) is 5.91 Å². The Morgan fingerprint density at radius 1 is 1.35 bits per heavy atom. The Labute approximate surface area is 155 Å². The van der Waals surface area contributed by atoms with E-state index in [2.05, 4.69) is 10.4 Å². The lowest BCUT2D eigenvalue weighted by Crippen LogP contribution is -2.23. The van der Waals surface area contributed by atoms with E-state index in [0.29, 0.717) is 17.8 Å². The Morgan fingerprint density at radius 3 is 2.92 bits per heavy atom. The number of carbonyl (C=O) groups excluding carboxylic acids is 2. The van der Waals surface area contributed by atoms with E-state index in [4.69, 9.17) is 0 Å². The molecule has 3 aromatic rings. The van der Waals surface area contributed by atoms with Gasteiger partial charge in [0.05, 0.1) is 10.6 Å². The van der Waals surface area contributed by atoms with E-state index in [1.54, 1.807) is 4.68 Å². The number of amides is 2. The molecular weight excluding hydrogens is 348 g/mol. The van der Waals surface area contributed by atoms with Gasteiger partial charge >= 0.3 is 0 Å². The lowest BCUT2D eigenvalue weighted by atomic mass is 10.2. The van der Waals surface area contributed by atoms with Gasteiger partial charge in [-0.25, -0.2) is 0 Å². The van der Waals surface area contributed by atoms with Crippen molar-refractivity contribution in [2.24, 2.45) is 7.05 Å². The molecule has 3 heterocycles. The number of anilines is 1. The van der Waals surface area contributed by atoms with Crippen LogP contribution >= 0.6 is 11.3 Å². The summed E-state index contributed by atoms with van der Waals surface area (Å²) in [7, 11) is 1.89. The topological polar surface area (TPSA) is 67.2 Å². The number of aryl methyl sites for hydroxylation is 2. The van der Waals surface area contributed by atoms with Gasteiger partial charge in [0.25, 0.3) is 5.91 Å². The molecule has 2 aromatic heterocycles. The van der Waals surface area contributed by atoms with E-state index >= 15 is 0 Å². The number of nitrogens with one attached hydrogen (secondary N) is 1. The standard InChI is InChI=1S/C19H20N4O2S/c1-12-15-10-16(26-19(15)22(2)21-12)18(25)20-14-6-3-5-13(9-14)11-23-8-4-7-17(23)24/h3,5-6,9-10H,4,7-8,11H2,1-2H3,(H,20,25). The van der Waals surface area contributed by atoms with Crippen molar-refractivity contribution in [3.05, 3.63) is 46.5 Å². The fraction of sp³-hybridized carbons (Fsp3) is 0.316. The molecule has 0 saturated carbocycles. The third-order valence-electron chi connectivity index (χ3n) is 4.65. The van der Waals surface area contributed by atoms with Gasteiger partial charge in [-0.15, -0.1) is 11.3 Å². The minimum Gasteiger partial charge on any atom is -0.338 e. The minimum atomic E-state index is -0.125. The van der Waals surface area contributed by atoms with Crippen LogP contribution in [0.4, 0.5) is 5.69 Å². The fourth-order valence-corrected chi connectivity index (χ4v) is 4.37. The number of likely N-dealkylation sites (tertiary alicyclic amines) is 1. The summed E-state index contributed by atoms with van der Waals surface area (Å²) in [5.74, 6) is 0.0775. The number of aromatic nitrogens is 2. The molecule has 0 bridgehead atoms. The van der Waals surface area contributed by atoms with Gasteiger partial charge < -0.3 is 10.2 Å². The fourth-order valence-electron chi connectivity index (χ4n) is 3.35. The SMILES string of the molecule is Cc1nn(C)c2sc(C(=O)Nc3cccc(CN4CCCC4=O)c3)cc12. The number of thiophene rings is 1. The van der Waals surface area contributed by atoms with Crippen LogP contribution in [0.5, 0.6) is 0 Å². The van der Waals surface area contributed by atoms with E-state index in [0.717, 1.165) is 40.1 Å². The van der Waals surface area contributed by atoms with E-state index in [1.165, 1.54) is 11.3 Å². The molecule has 0 radical (unpaired) electrons. The third kappa shape index (κ3) is 3.10. The van der Waals surface area contributed by atoms with E-state index in [-0.39, 0.29) is 11.8 Å². The summed E-state index contributed by atoms with van der Waals surface area (Å²) in [5, 5.41) is 8.34. The summed E-state index contributed by atoms with van der Waals surface area (Å²) in [6, 6.07) is 9.58. The van der Waals surface area contributed by atoms with Crippen LogP contribution in [0, 0.1) is 6.92 Å². The molecule has 0 aliphatic carbocycles. The Morgan fingerprint density at radius 2 is 2.19 bits per heavy atom. The van der Waals surface area contributed by atoms with E-state index in [1.807, 2.05) is 49.2 Å². The van der Waals surface area contributed by atoms with Crippen LogP contribution < -0.4 is 5.32 Å². The Bertz CT molecular complexity index is 970. The highest BCUT2D eigenvalue weighted by Gasteiger charge is 2.20. The molecule has 0 atom stereocenters. The predicted molar refractivity (Wildman–Crippen MR) is 102 cm³/mol. The summed E-state index contributed by atoms with van der Waals surface area (Å²) in [5.41, 5.74) is 2.69. The van der Waals surface area contributed by atoms with Crippen LogP contribution in [-0.4, -0.2) is 33.0 Å². The second-order valence-corrected chi connectivity index (χ2v) is 7.64. The van der Waals surface area contributed by atoms with Gasteiger partial charge in [0.15, 0.2) is 0 Å².